The maximum Gasteiger partial charge on any atom is 0.307 e. The molecule has 0 aliphatic carbocycles. The molecular weight excluding hydrogens is 454 g/mol. The van der Waals surface area contributed by atoms with Gasteiger partial charge in [0.25, 0.3) is 0 Å². The molecule has 0 saturated carbocycles. The third-order valence-electron chi connectivity index (χ3n) is 4.88. The van der Waals surface area contributed by atoms with Crippen LogP contribution in [0.2, 0.25) is 5.02 Å². The smallest absolute Gasteiger partial charge is 0.307 e. The minimum Gasteiger partial charge on any atom is -0.495 e. The van der Waals surface area contributed by atoms with Crippen LogP contribution in [0.4, 0.5) is 5.69 Å². The number of carbonyl (C=O) groups excluding carboxylic acids is 2. The molecule has 1 N–H and O–H groups in total. The SMILES string of the molecule is COc1cc(Cl)cc2c1NC(=O)[C@@H](CC(=O)OC(C)C)S[C@@H]2c1cccc(OC)c1OC. The van der Waals surface area contributed by atoms with Crippen LogP contribution in [0.25, 0.3) is 0 Å². The normalized spacial score (nSPS) is 17.8. The predicted molar refractivity (Wildman–Crippen MR) is 125 cm³/mol. The first-order valence-electron chi connectivity index (χ1n) is 10.0. The molecule has 3 rings (SSSR count). The van der Waals surface area contributed by atoms with Crippen molar-refractivity contribution in [3.8, 4) is 17.2 Å². The van der Waals surface area contributed by atoms with Gasteiger partial charge < -0.3 is 24.3 Å². The number of nitrogens with one attached hydrogen (secondary N) is 1. The molecule has 0 fully saturated rings. The van der Waals surface area contributed by atoms with Gasteiger partial charge in [-0.15, -0.1) is 11.8 Å². The van der Waals surface area contributed by atoms with Crippen molar-refractivity contribution in [2.24, 2.45) is 0 Å². The average Bonchev–Trinajstić information content (AvgIpc) is 2.88. The van der Waals surface area contributed by atoms with Crippen molar-refractivity contribution in [1.29, 1.82) is 0 Å². The number of benzene rings is 2. The fraction of sp³-hybridized carbons (Fsp3) is 0.391. The molecule has 1 aliphatic heterocycles. The van der Waals surface area contributed by atoms with E-state index in [-0.39, 0.29) is 18.4 Å². The summed E-state index contributed by atoms with van der Waals surface area (Å²) in [6, 6.07) is 8.96. The first-order valence-corrected chi connectivity index (χ1v) is 11.3. The van der Waals surface area contributed by atoms with Crippen molar-refractivity contribution in [2.45, 2.75) is 36.9 Å². The van der Waals surface area contributed by atoms with Crippen molar-refractivity contribution in [3.05, 3.63) is 46.5 Å². The van der Waals surface area contributed by atoms with Crippen LogP contribution in [-0.4, -0.2) is 44.6 Å². The third-order valence-corrected chi connectivity index (χ3v) is 6.58. The molecule has 1 heterocycles. The maximum absolute atomic E-state index is 13.1. The molecule has 0 aromatic heterocycles. The van der Waals surface area contributed by atoms with Gasteiger partial charge in [-0.05, 0) is 31.5 Å². The van der Waals surface area contributed by atoms with Crippen LogP contribution in [0.1, 0.15) is 36.6 Å². The van der Waals surface area contributed by atoms with Gasteiger partial charge in [-0.3, -0.25) is 9.59 Å². The molecule has 2 aromatic carbocycles. The van der Waals surface area contributed by atoms with Crippen molar-refractivity contribution in [2.75, 3.05) is 26.6 Å². The molecule has 0 saturated heterocycles. The highest BCUT2D eigenvalue weighted by Crippen LogP contribution is 2.52. The first kappa shape index (κ1) is 24.1. The summed E-state index contributed by atoms with van der Waals surface area (Å²) in [6.45, 7) is 3.54. The second-order valence-electron chi connectivity index (χ2n) is 7.39. The van der Waals surface area contributed by atoms with Gasteiger partial charge in [-0.1, -0.05) is 23.7 Å². The Bertz CT molecular complexity index is 1010. The van der Waals surface area contributed by atoms with E-state index in [0.29, 0.717) is 28.0 Å². The number of hydrogen-bond donors (Lipinski definition) is 1. The predicted octanol–water partition coefficient (Wildman–Crippen LogP) is 4.85. The second-order valence-corrected chi connectivity index (χ2v) is 9.14. The fourth-order valence-corrected chi connectivity index (χ4v) is 5.19. The van der Waals surface area contributed by atoms with Crippen LogP contribution in [-0.2, 0) is 14.3 Å². The van der Waals surface area contributed by atoms with E-state index in [1.165, 1.54) is 18.9 Å². The van der Waals surface area contributed by atoms with Crippen LogP contribution in [0, 0.1) is 0 Å². The first-order chi connectivity index (χ1) is 15.3. The van der Waals surface area contributed by atoms with Crippen LogP contribution < -0.4 is 19.5 Å². The Labute approximate surface area is 196 Å². The summed E-state index contributed by atoms with van der Waals surface area (Å²) in [5.41, 5.74) is 2.02. The van der Waals surface area contributed by atoms with E-state index in [1.54, 1.807) is 46.3 Å². The zero-order valence-electron chi connectivity index (χ0n) is 18.6. The molecule has 9 heteroatoms. The second kappa shape index (κ2) is 10.4. The van der Waals surface area contributed by atoms with Gasteiger partial charge in [0, 0.05) is 16.7 Å². The van der Waals surface area contributed by atoms with E-state index < -0.39 is 16.5 Å². The molecule has 2 atom stereocenters. The Morgan fingerprint density at radius 3 is 2.44 bits per heavy atom. The summed E-state index contributed by atoms with van der Waals surface area (Å²) in [7, 11) is 4.63. The Kier molecular flexibility index (Phi) is 7.79. The number of carbonyl (C=O) groups is 2. The zero-order valence-corrected chi connectivity index (χ0v) is 20.1. The molecule has 2 aromatic rings. The van der Waals surface area contributed by atoms with E-state index in [4.69, 9.17) is 30.5 Å². The molecule has 1 aliphatic rings. The summed E-state index contributed by atoms with van der Waals surface area (Å²) in [6.07, 6.45) is -0.353. The Balaban J connectivity index is 2.15. The molecule has 0 radical (unpaired) electrons. The molecule has 172 valence electrons. The maximum atomic E-state index is 13.1. The number of amides is 1. The number of thioether (sulfide) groups is 1. The lowest BCUT2D eigenvalue weighted by Gasteiger charge is -2.23. The van der Waals surface area contributed by atoms with Crippen molar-refractivity contribution in [3.63, 3.8) is 0 Å². The average molecular weight is 480 g/mol. The zero-order chi connectivity index (χ0) is 23.4. The van der Waals surface area contributed by atoms with E-state index in [1.807, 2.05) is 12.1 Å². The minimum absolute atomic E-state index is 0.0818. The number of esters is 1. The number of ether oxygens (including phenoxy) is 4. The molecule has 0 unspecified atom stereocenters. The summed E-state index contributed by atoms with van der Waals surface area (Å²) in [5.74, 6) is 0.760. The fourth-order valence-electron chi connectivity index (χ4n) is 3.57. The summed E-state index contributed by atoms with van der Waals surface area (Å²) < 4.78 is 21.9. The Hall–Kier alpha value is -2.58. The highest BCUT2D eigenvalue weighted by molar-refractivity contribution is 8.01. The highest BCUT2D eigenvalue weighted by Gasteiger charge is 2.36. The van der Waals surface area contributed by atoms with Gasteiger partial charge in [-0.25, -0.2) is 0 Å². The molecule has 7 nitrogen and oxygen atoms in total. The van der Waals surface area contributed by atoms with E-state index in [2.05, 4.69) is 5.32 Å². The number of methoxy groups -OCH3 is 3. The molecule has 0 spiro atoms. The van der Waals surface area contributed by atoms with Crippen LogP contribution in [0.3, 0.4) is 0 Å². The van der Waals surface area contributed by atoms with Gasteiger partial charge in [0.15, 0.2) is 11.5 Å². The van der Waals surface area contributed by atoms with E-state index in [0.717, 1.165) is 11.1 Å². The largest absolute Gasteiger partial charge is 0.495 e. The Morgan fingerprint density at radius 1 is 1.09 bits per heavy atom. The lowest BCUT2D eigenvalue weighted by atomic mass is 10.0. The van der Waals surface area contributed by atoms with Gasteiger partial charge >= 0.3 is 5.97 Å². The van der Waals surface area contributed by atoms with Gasteiger partial charge in [0.1, 0.15) is 5.75 Å². The molecule has 1 amide bonds. The summed E-state index contributed by atoms with van der Waals surface area (Å²) >= 11 is 7.71. The van der Waals surface area contributed by atoms with E-state index >= 15 is 0 Å². The third kappa shape index (κ3) is 5.07. The minimum atomic E-state index is -0.710. The number of hydrogen-bond acceptors (Lipinski definition) is 7. The molecule has 0 bridgehead atoms. The standard InChI is InChI=1S/C23H26ClNO6S/c1-12(2)31-19(26)11-18-23(27)25-20-15(9-13(24)10-17(20)29-4)22(32-18)14-7-6-8-16(28-3)21(14)30-5/h6-10,12,18,22H,11H2,1-5H3,(H,25,27)/t18-,22-/m1/s1. The quantitative estimate of drug-likeness (QED) is 0.568. The highest BCUT2D eigenvalue weighted by atomic mass is 35.5. The lowest BCUT2D eigenvalue weighted by Crippen LogP contribution is -2.28. The lowest BCUT2D eigenvalue weighted by molar-refractivity contribution is -0.148. The number of para-hydroxylation sites is 1. The molecule has 32 heavy (non-hydrogen) atoms. The van der Waals surface area contributed by atoms with Gasteiger partial charge in [0.2, 0.25) is 5.91 Å². The van der Waals surface area contributed by atoms with Crippen molar-refractivity contribution in [1.82, 2.24) is 0 Å². The van der Waals surface area contributed by atoms with Crippen LogP contribution in [0.5, 0.6) is 17.2 Å². The van der Waals surface area contributed by atoms with Gasteiger partial charge in [0.05, 0.1) is 50.0 Å². The van der Waals surface area contributed by atoms with E-state index in [9.17, 15) is 9.59 Å². The van der Waals surface area contributed by atoms with Gasteiger partial charge in [-0.2, -0.15) is 0 Å². The monoisotopic (exact) mass is 479 g/mol. The number of fused-ring (bicyclic) bond motifs is 1. The topological polar surface area (TPSA) is 83.1 Å². The number of rotatable bonds is 7. The van der Waals surface area contributed by atoms with Crippen molar-refractivity contribution >= 4 is 40.9 Å². The van der Waals surface area contributed by atoms with Crippen LogP contribution >= 0.6 is 23.4 Å². The van der Waals surface area contributed by atoms with Crippen LogP contribution in [0.15, 0.2) is 30.3 Å². The summed E-state index contributed by atoms with van der Waals surface area (Å²) in [5, 5.41) is 2.26. The molecular formula is C23H26ClNO6S. The number of anilines is 1. The van der Waals surface area contributed by atoms with Crippen molar-refractivity contribution < 1.29 is 28.5 Å². The number of halogens is 1. The Morgan fingerprint density at radius 2 is 1.81 bits per heavy atom. The summed E-state index contributed by atoms with van der Waals surface area (Å²) in [4.78, 5) is 25.5.